The maximum absolute atomic E-state index is 10.9. The molecule has 1 atom stereocenters. The molecule has 3 N–H and O–H groups in total. The number of rotatable bonds is 3. The van der Waals surface area contributed by atoms with Crippen LogP contribution in [0.5, 0.6) is 0 Å². The highest BCUT2D eigenvalue weighted by Crippen LogP contribution is 1.97. The Bertz CT molecular complexity index is 112. The van der Waals surface area contributed by atoms with Gasteiger partial charge >= 0.3 is 5.97 Å². The highest BCUT2D eigenvalue weighted by molar-refractivity contribution is 5.74. The van der Waals surface area contributed by atoms with Crippen molar-refractivity contribution < 1.29 is 15.3 Å². The van der Waals surface area contributed by atoms with E-state index < -0.39 is 0 Å². The predicted molar refractivity (Wildman–Crippen MR) is 38.1 cm³/mol. The topological polar surface area (TPSA) is 53.9 Å². The summed E-state index contributed by atoms with van der Waals surface area (Å²) in [5, 5.41) is 0. The molecular weight excluding hydrogens is 130 g/mol. The summed E-state index contributed by atoms with van der Waals surface area (Å²) >= 11 is 0. The lowest BCUT2D eigenvalue weighted by atomic mass is 10.1. The van der Waals surface area contributed by atoms with Gasteiger partial charge in [0.1, 0.15) is 0 Å². The molecule has 60 valence electrons. The molecule has 0 saturated carbocycles. The Morgan fingerprint density at radius 1 is 1.60 bits per heavy atom. The molecule has 0 unspecified atom stereocenters. The Morgan fingerprint density at radius 2 is 2.10 bits per heavy atom. The molecule has 0 aromatic carbocycles. The van der Waals surface area contributed by atoms with Crippen LogP contribution in [0.25, 0.3) is 0 Å². The van der Waals surface area contributed by atoms with Crippen LogP contribution in [-0.2, 0) is 9.53 Å². The lowest BCUT2D eigenvalue weighted by molar-refractivity contribution is -0.418. The third kappa shape index (κ3) is 2.82. The molecule has 0 aromatic rings. The summed E-state index contributed by atoms with van der Waals surface area (Å²) in [6.07, 6.45) is 0. The molecule has 0 aliphatic carbocycles. The fraction of sp³-hybridized carbons (Fsp3) is 0.857. The van der Waals surface area contributed by atoms with E-state index in [9.17, 15) is 4.79 Å². The first-order chi connectivity index (χ1) is 4.59. The summed E-state index contributed by atoms with van der Waals surface area (Å²) in [4.78, 5) is 10.9. The van der Waals surface area contributed by atoms with Crippen LogP contribution in [0.1, 0.15) is 20.8 Å². The van der Waals surface area contributed by atoms with Gasteiger partial charge in [0, 0.05) is 5.92 Å². The largest absolute Gasteiger partial charge is 0.462 e. The monoisotopic (exact) mass is 146 g/mol. The molecule has 0 aromatic heterocycles. The lowest BCUT2D eigenvalue weighted by Crippen LogP contribution is -2.67. The summed E-state index contributed by atoms with van der Waals surface area (Å²) in [5.74, 6) is 0.0663. The van der Waals surface area contributed by atoms with Gasteiger partial charge in [-0.1, -0.05) is 13.8 Å². The van der Waals surface area contributed by atoms with Crippen LogP contribution in [-0.4, -0.2) is 18.6 Å². The van der Waals surface area contributed by atoms with Crippen molar-refractivity contribution in [3.8, 4) is 0 Å². The van der Waals surface area contributed by atoms with E-state index >= 15 is 0 Å². The first-order valence-electron chi connectivity index (χ1n) is 3.59. The second-order valence-corrected chi connectivity index (χ2v) is 2.60. The van der Waals surface area contributed by atoms with Crippen LogP contribution in [0.3, 0.4) is 0 Å². The minimum Gasteiger partial charge on any atom is -0.462 e. The smallest absolute Gasteiger partial charge is 0.365 e. The van der Waals surface area contributed by atoms with Gasteiger partial charge in [0.2, 0.25) is 0 Å². The van der Waals surface area contributed by atoms with Crippen molar-refractivity contribution in [3.63, 3.8) is 0 Å². The molecule has 0 aliphatic rings. The number of carbonyl (C=O) groups is 1. The van der Waals surface area contributed by atoms with Gasteiger partial charge in [-0.2, -0.15) is 0 Å². The molecule has 0 fully saturated rings. The normalized spacial score (nSPS) is 13.3. The van der Waals surface area contributed by atoms with Crippen LogP contribution in [0.4, 0.5) is 0 Å². The Balaban J connectivity index is 3.71. The zero-order valence-electron chi connectivity index (χ0n) is 6.89. The molecular formula is C7H16NO2+. The molecule has 10 heavy (non-hydrogen) atoms. The van der Waals surface area contributed by atoms with Crippen LogP contribution < -0.4 is 5.73 Å². The average Bonchev–Trinajstić information content (AvgIpc) is 1.87. The van der Waals surface area contributed by atoms with Crippen LogP contribution in [0, 0.1) is 5.92 Å². The molecule has 3 heteroatoms. The highest BCUT2D eigenvalue weighted by atomic mass is 16.5. The zero-order valence-corrected chi connectivity index (χ0v) is 6.89. The molecule has 0 rings (SSSR count). The number of hydrogen-bond donors (Lipinski definition) is 1. The number of ether oxygens (including phenoxy) is 1. The molecule has 0 radical (unpaired) electrons. The molecule has 0 amide bonds. The molecule has 0 saturated heterocycles. The van der Waals surface area contributed by atoms with Crippen molar-refractivity contribution in [1.82, 2.24) is 0 Å². The maximum Gasteiger partial charge on any atom is 0.365 e. The summed E-state index contributed by atoms with van der Waals surface area (Å²) in [7, 11) is 0. The van der Waals surface area contributed by atoms with E-state index in [0.29, 0.717) is 6.61 Å². The van der Waals surface area contributed by atoms with E-state index in [1.54, 1.807) is 6.92 Å². The van der Waals surface area contributed by atoms with Crippen LogP contribution >= 0.6 is 0 Å². The predicted octanol–water partition coefficient (Wildman–Crippen LogP) is -0.184. The summed E-state index contributed by atoms with van der Waals surface area (Å²) in [6, 6.07) is -0.222. The Labute approximate surface area is 61.5 Å². The van der Waals surface area contributed by atoms with E-state index in [1.807, 2.05) is 13.8 Å². The van der Waals surface area contributed by atoms with Crippen molar-refractivity contribution in [3.05, 3.63) is 0 Å². The number of esters is 1. The Morgan fingerprint density at radius 3 is 2.40 bits per heavy atom. The van der Waals surface area contributed by atoms with E-state index in [0.717, 1.165) is 0 Å². The first kappa shape index (κ1) is 9.43. The maximum atomic E-state index is 10.9. The Kier molecular flexibility index (Phi) is 4.03. The fourth-order valence-electron chi connectivity index (χ4n) is 0.521. The first-order valence-corrected chi connectivity index (χ1v) is 3.59. The minimum atomic E-state index is -0.222. The molecule has 0 spiro atoms. The average molecular weight is 146 g/mol. The Hall–Kier alpha value is -0.570. The molecule has 0 heterocycles. The summed E-state index contributed by atoms with van der Waals surface area (Å²) in [6.45, 7) is 6.14. The van der Waals surface area contributed by atoms with Gasteiger partial charge in [-0.15, -0.1) is 0 Å². The van der Waals surface area contributed by atoms with Gasteiger partial charge in [-0.05, 0) is 6.92 Å². The van der Waals surface area contributed by atoms with E-state index in [2.05, 4.69) is 5.73 Å². The van der Waals surface area contributed by atoms with Crippen LogP contribution in [0.2, 0.25) is 0 Å². The minimum absolute atomic E-state index is 0.197. The van der Waals surface area contributed by atoms with Gasteiger partial charge in [-0.25, -0.2) is 4.79 Å². The van der Waals surface area contributed by atoms with Gasteiger partial charge < -0.3 is 10.5 Å². The molecule has 0 bridgehead atoms. The number of hydrogen-bond acceptors (Lipinski definition) is 2. The summed E-state index contributed by atoms with van der Waals surface area (Å²) < 4.78 is 4.76. The zero-order chi connectivity index (χ0) is 8.15. The van der Waals surface area contributed by atoms with Crippen molar-refractivity contribution in [2.45, 2.75) is 26.8 Å². The van der Waals surface area contributed by atoms with E-state index in [-0.39, 0.29) is 17.9 Å². The lowest BCUT2D eigenvalue weighted by Gasteiger charge is -2.09. The van der Waals surface area contributed by atoms with Gasteiger partial charge in [-0.3, -0.25) is 0 Å². The standard InChI is InChI=1S/C7H15NO2/c1-4-10-7(9)6(8)5(2)3/h5-6H,4,8H2,1-3H3/p+1/t6-/m1/s1. The van der Waals surface area contributed by atoms with Crippen molar-refractivity contribution in [1.29, 1.82) is 0 Å². The van der Waals surface area contributed by atoms with Gasteiger partial charge in [0.25, 0.3) is 0 Å². The van der Waals surface area contributed by atoms with Gasteiger partial charge in [0.15, 0.2) is 6.04 Å². The second-order valence-electron chi connectivity index (χ2n) is 2.60. The second kappa shape index (κ2) is 4.28. The van der Waals surface area contributed by atoms with Crippen molar-refractivity contribution >= 4 is 5.97 Å². The number of quaternary nitrogens is 1. The van der Waals surface area contributed by atoms with Crippen LogP contribution in [0.15, 0.2) is 0 Å². The van der Waals surface area contributed by atoms with Crippen molar-refractivity contribution in [2.24, 2.45) is 5.92 Å². The molecule has 3 nitrogen and oxygen atoms in total. The molecule has 0 aliphatic heterocycles. The fourth-order valence-corrected chi connectivity index (χ4v) is 0.521. The SMILES string of the molecule is CCOC(=O)[C@H]([NH3+])C(C)C. The van der Waals surface area contributed by atoms with Gasteiger partial charge in [0.05, 0.1) is 6.61 Å². The van der Waals surface area contributed by atoms with Crippen molar-refractivity contribution in [2.75, 3.05) is 6.61 Å². The highest BCUT2D eigenvalue weighted by Gasteiger charge is 2.21. The number of carbonyl (C=O) groups excluding carboxylic acids is 1. The van der Waals surface area contributed by atoms with E-state index in [1.165, 1.54) is 0 Å². The van der Waals surface area contributed by atoms with E-state index in [4.69, 9.17) is 4.74 Å². The third-order valence-corrected chi connectivity index (χ3v) is 1.39. The quantitative estimate of drug-likeness (QED) is 0.561. The summed E-state index contributed by atoms with van der Waals surface area (Å²) in [5.41, 5.74) is 3.68. The third-order valence-electron chi connectivity index (χ3n) is 1.39.